The first kappa shape index (κ1) is 19.2. The second-order valence-corrected chi connectivity index (χ2v) is 7.75. The molecule has 0 saturated carbocycles. The average Bonchev–Trinajstić information content (AvgIpc) is 3.04. The van der Waals surface area contributed by atoms with Gasteiger partial charge in [0.05, 0.1) is 23.3 Å². The Labute approximate surface area is 172 Å². The maximum Gasteiger partial charge on any atom is 0.234 e. The molecule has 1 aromatic heterocycles. The van der Waals surface area contributed by atoms with Gasteiger partial charge in [-0.05, 0) is 42.8 Å². The van der Waals surface area contributed by atoms with Gasteiger partial charge in [-0.2, -0.15) is 0 Å². The summed E-state index contributed by atoms with van der Waals surface area (Å²) < 4.78 is 15.4. The Hall–Kier alpha value is -3.12. The number of halogens is 1. The summed E-state index contributed by atoms with van der Waals surface area (Å²) in [5.41, 5.74) is 4.76. The maximum absolute atomic E-state index is 13.3. The molecule has 4 rings (SSSR count). The normalized spacial score (nSPS) is 11.0. The van der Waals surface area contributed by atoms with Crippen LogP contribution in [-0.2, 0) is 11.3 Å². The first-order chi connectivity index (χ1) is 14.1. The largest absolute Gasteiger partial charge is 0.325 e. The Bertz CT molecular complexity index is 1170. The van der Waals surface area contributed by atoms with E-state index in [1.165, 1.54) is 35.0 Å². The summed E-state index contributed by atoms with van der Waals surface area (Å²) >= 11 is 1.37. The zero-order valence-corrected chi connectivity index (χ0v) is 16.7. The van der Waals surface area contributed by atoms with E-state index in [1.807, 2.05) is 30.3 Å². The van der Waals surface area contributed by atoms with Crippen LogP contribution in [0.4, 0.5) is 10.1 Å². The van der Waals surface area contributed by atoms with Crippen LogP contribution in [0.15, 0.2) is 78.0 Å². The number of nitrogens with zero attached hydrogens (tertiary/aromatic N) is 2. The number of para-hydroxylation sites is 2. The topological polar surface area (TPSA) is 46.9 Å². The van der Waals surface area contributed by atoms with E-state index in [2.05, 4.69) is 35.0 Å². The van der Waals surface area contributed by atoms with Crippen LogP contribution in [0.5, 0.6) is 0 Å². The average molecular weight is 405 g/mol. The van der Waals surface area contributed by atoms with E-state index in [-0.39, 0.29) is 17.5 Å². The SMILES string of the molecule is Cc1cccc(Cn2c(SCC(=O)Nc3cccc(F)c3)nc3ccccc32)c1. The molecule has 0 fully saturated rings. The number of rotatable bonds is 6. The molecular formula is C23H20FN3OS. The van der Waals surface area contributed by atoms with Gasteiger partial charge in [-0.15, -0.1) is 0 Å². The molecule has 4 aromatic rings. The van der Waals surface area contributed by atoms with E-state index >= 15 is 0 Å². The summed E-state index contributed by atoms with van der Waals surface area (Å²) in [5.74, 6) is -0.390. The third-order valence-corrected chi connectivity index (χ3v) is 5.46. The summed E-state index contributed by atoms with van der Waals surface area (Å²) in [5, 5.41) is 3.51. The van der Waals surface area contributed by atoms with E-state index in [0.717, 1.165) is 16.2 Å². The quantitative estimate of drug-likeness (QED) is 0.445. The van der Waals surface area contributed by atoms with Gasteiger partial charge < -0.3 is 9.88 Å². The number of amides is 1. The number of benzene rings is 3. The van der Waals surface area contributed by atoms with Gasteiger partial charge in [-0.3, -0.25) is 4.79 Å². The van der Waals surface area contributed by atoms with Crippen LogP contribution in [0.1, 0.15) is 11.1 Å². The van der Waals surface area contributed by atoms with Gasteiger partial charge in [-0.25, -0.2) is 9.37 Å². The molecule has 3 aromatic carbocycles. The number of anilines is 1. The highest BCUT2D eigenvalue weighted by molar-refractivity contribution is 7.99. The van der Waals surface area contributed by atoms with E-state index < -0.39 is 0 Å². The van der Waals surface area contributed by atoms with Crippen molar-refractivity contribution in [2.24, 2.45) is 0 Å². The fraction of sp³-hybridized carbons (Fsp3) is 0.130. The van der Waals surface area contributed by atoms with Crippen LogP contribution < -0.4 is 5.32 Å². The predicted octanol–water partition coefficient (Wildman–Crippen LogP) is 5.26. The van der Waals surface area contributed by atoms with Crippen molar-refractivity contribution < 1.29 is 9.18 Å². The zero-order chi connectivity index (χ0) is 20.2. The molecule has 0 aliphatic heterocycles. The molecule has 0 unspecified atom stereocenters. The third-order valence-electron chi connectivity index (χ3n) is 4.48. The van der Waals surface area contributed by atoms with E-state index in [0.29, 0.717) is 12.2 Å². The lowest BCUT2D eigenvalue weighted by Crippen LogP contribution is -2.14. The monoisotopic (exact) mass is 405 g/mol. The minimum atomic E-state index is -0.379. The lowest BCUT2D eigenvalue weighted by atomic mass is 10.1. The molecule has 1 amide bonds. The molecule has 6 heteroatoms. The van der Waals surface area contributed by atoms with Gasteiger partial charge in [0.15, 0.2) is 5.16 Å². The molecule has 0 atom stereocenters. The van der Waals surface area contributed by atoms with Crippen molar-refractivity contribution in [3.8, 4) is 0 Å². The van der Waals surface area contributed by atoms with Crippen molar-refractivity contribution in [3.05, 3.63) is 89.7 Å². The minimum absolute atomic E-state index is 0.188. The number of thioether (sulfide) groups is 1. The molecule has 1 N–H and O–H groups in total. The van der Waals surface area contributed by atoms with E-state index in [9.17, 15) is 9.18 Å². The van der Waals surface area contributed by atoms with Crippen LogP contribution in [0.25, 0.3) is 11.0 Å². The summed E-state index contributed by atoms with van der Waals surface area (Å²) in [6.07, 6.45) is 0. The van der Waals surface area contributed by atoms with Gasteiger partial charge in [-0.1, -0.05) is 59.8 Å². The number of fused-ring (bicyclic) bond motifs is 1. The Kier molecular flexibility index (Phi) is 5.62. The summed E-state index contributed by atoms with van der Waals surface area (Å²) in [6, 6.07) is 22.2. The summed E-state index contributed by atoms with van der Waals surface area (Å²) in [7, 11) is 0. The fourth-order valence-electron chi connectivity index (χ4n) is 3.20. The van der Waals surface area contributed by atoms with Gasteiger partial charge in [0.1, 0.15) is 5.82 Å². The van der Waals surface area contributed by atoms with Crippen LogP contribution >= 0.6 is 11.8 Å². The molecule has 0 bridgehead atoms. The molecule has 0 aliphatic rings. The highest BCUT2D eigenvalue weighted by atomic mass is 32.2. The van der Waals surface area contributed by atoms with Crippen molar-refractivity contribution in [2.75, 3.05) is 11.1 Å². The Morgan fingerprint density at radius 1 is 1.07 bits per heavy atom. The van der Waals surface area contributed by atoms with E-state index in [1.54, 1.807) is 12.1 Å². The number of nitrogens with one attached hydrogen (secondary N) is 1. The number of hydrogen-bond donors (Lipinski definition) is 1. The number of aryl methyl sites for hydroxylation is 1. The Balaban J connectivity index is 1.54. The summed E-state index contributed by atoms with van der Waals surface area (Å²) in [4.78, 5) is 17.0. The predicted molar refractivity (Wildman–Crippen MR) is 116 cm³/mol. The van der Waals surface area contributed by atoms with Gasteiger partial charge in [0.25, 0.3) is 0 Å². The number of imidazole rings is 1. The van der Waals surface area contributed by atoms with Crippen molar-refractivity contribution in [3.63, 3.8) is 0 Å². The van der Waals surface area contributed by atoms with Gasteiger partial charge >= 0.3 is 0 Å². The fourth-order valence-corrected chi connectivity index (χ4v) is 4.02. The van der Waals surface area contributed by atoms with Crippen LogP contribution in [0, 0.1) is 12.7 Å². The highest BCUT2D eigenvalue weighted by Crippen LogP contribution is 2.25. The second-order valence-electron chi connectivity index (χ2n) is 6.81. The molecule has 1 heterocycles. The lowest BCUT2D eigenvalue weighted by molar-refractivity contribution is -0.113. The minimum Gasteiger partial charge on any atom is -0.325 e. The number of hydrogen-bond acceptors (Lipinski definition) is 3. The van der Waals surface area contributed by atoms with Crippen LogP contribution in [0.3, 0.4) is 0 Å². The van der Waals surface area contributed by atoms with Crippen molar-refractivity contribution in [1.82, 2.24) is 9.55 Å². The highest BCUT2D eigenvalue weighted by Gasteiger charge is 2.14. The Morgan fingerprint density at radius 3 is 2.72 bits per heavy atom. The maximum atomic E-state index is 13.3. The summed E-state index contributed by atoms with van der Waals surface area (Å²) in [6.45, 7) is 2.75. The first-order valence-corrected chi connectivity index (χ1v) is 10.3. The molecule has 0 spiro atoms. The van der Waals surface area contributed by atoms with E-state index in [4.69, 9.17) is 4.98 Å². The smallest absolute Gasteiger partial charge is 0.234 e. The van der Waals surface area contributed by atoms with Crippen molar-refractivity contribution in [2.45, 2.75) is 18.6 Å². The molecule has 0 radical (unpaired) electrons. The zero-order valence-electron chi connectivity index (χ0n) is 15.9. The number of carbonyl (C=O) groups excluding carboxylic acids is 1. The first-order valence-electron chi connectivity index (χ1n) is 9.27. The van der Waals surface area contributed by atoms with Gasteiger partial charge in [0.2, 0.25) is 5.91 Å². The number of aromatic nitrogens is 2. The number of carbonyl (C=O) groups is 1. The molecular weight excluding hydrogens is 385 g/mol. The van der Waals surface area contributed by atoms with Crippen molar-refractivity contribution >= 4 is 34.4 Å². The molecule has 29 heavy (non-hydrogen) atoms. The van der Waals surface area contributed by atoms with Crippen LogP contribution in [0.2, 0.25) is 0 Å². The molecule has 0 aliphatic carbocycles. The lowest BCUT2D eigenvalue weighted by Gasteiger charge is -2.10. The van der Waals surface area contributed by atoms with Crippen molar-refractivity contribution in [1.29, 1.82) is 0 Å². The second kappa shape index (κ2) is 8.49. The van der Waals surface area contributed by atoms with Crippen LogP contribution in [-0.4, -0.2) is 21.2 Å². The third kappa shape index (κ3) is 4.66. The standard InChI is InChI=1S/C23H20FN3OS/c1-16-6-4-7-17(12-16)14-27-21-11-3-2-10-20(21)26-23(27)29-15-22(28)25-19-9-5-8-18(24)13-19/h2-13H,14-15H2,1H3,(H,25,28). The van der Waals surface area contributed by atoms with Gasteiger partial charge in [0, 0.05) is 5.69 Å². The Morgan fingerprint density at radius 2 is 1.90 bits per heavy atom. The molecule has 4 nitrogen and oxygen atoms in total. The molecule has 0 saturated heterocycles. The molecule has 146 valence electrons.